The fourth-order valence-corrected chi connectivity index (χ4v) is 3.40. The highest BCUT2D eigenvalue weighted by molar-refractivity contribution is 9.10. The van der Waals surface area contributed by atoms with E-state index >= 15 is 0 Å². The maximum atomic E-state index is 13.3. The van der Waals surface area contributed by atoms with Gasteiger partial charge in [-0.3, -0.25) is 9.48 Å². The van der Waals surface area contributed by atoms with Crippen LogP contribution in [0, 0.1) is 6.92 Å². The molecule has 3 aromatic rings. The predicted octanol–water partition coefficient (Wildman–Crippen LogP) is 5.20. The van der Waals surface area contributed by atoms with Crippen molar-refractivity contribution in [1.29, 1.82) is 0 Å². The molecule has 0 aliphatic heterocycles. The molecular weight excluding hydrogens is 435 g/mol. The number of nitrogens with zero attached hydrogens (tertiary/aromatic N) is 2. The third kappa shape index (κ3) is 3.69. The molecular formula is C20H17BrF3N3O. The second-order valence-electron chi connectivity index (χ2n) is 6.29. The Bertz CT molecular complexity index is 1040. The molecule has 1 amide bonds. The summed E-state index contributed by atoms with van der Waals surface area (Å²) in [6.07, 6.45) is -4.52. The van der Waals surface area contributed by atoms with Crippen molar-refractivity contribution >= 4 is 21.8 Å². The molecule has 0 bridgehead atoms. The number of carbonyl (C=O) groups is 1. The molecule has 0 saturated carbocycles. The third-order valence-electron chi connectivity index (χ3n) is 4.48. The summed E-state index contributed by atoms with van der Waals surface area (Å²) in [4.78, 5) is 12.3. The lowest BCUT2D eigenvalue weighted by molar-refractivity contribution is -0.137. The zero-order valence-corrected chi connectivity index (χ0v) is 16.9. The number of nitrogens with one attached hydrogen (secondary N) is 1. The van der Waals surface area contributed by atoms with Crippen LogP contribution in [0.2, 0.25) is 0 Å². The maximum absolute atomic E-state index is 13.3. The Morgan fingerprint density at radius 1 is 1.14 bits per heavy atom. The van der Waals surface area contributed by atoms with Gasteiger partial charge in [-0.15, -0.1) is 0 Å². The SMILES string of the molecule is CNC(=O)c1ccc(C(F)(F)F)cc1-c1c(C)c(-c2ccc(Br)cc2)nn1C. The number of carbonyl (C=O) groups excluding carboxylic acids is 1. The average Bonchev–Trinajstić information content (AvgIpc) is 2.94. The Morgan fingerprint density at radius 3 is 2.36 bits per heavy atom. The van der Waals surface area contributed by atoms with E-state index in [0.29, 0.717) is 17.0 Å². The normalized spacial score (nSPS) is 11.5. The minimum absolute atomic E-state index is 0.156. The van der Waals surface area contributed by atoms with Crippen molar-refractivity contribution < 1.29 is 18.0 Å². The predicted molar refractivity (Wildman–Crippen MR) is 105 cm³/mol. The molecule has 0 saturated heterocycles. The second kappa shape index (κ2) is 7.43. The monoisotopic (exact) mass is 451 g/mol. The smallest absolute Gasteiger partial charge is 0.355 e. The van der Waals surface area contributed by atoms with E-state index < -0.39 is 17.6 Å². The first kappa shape index (κ1) is 20.1. The van der Waals surface area contributed by atoms with Crippen LogP contribution in [0.25, 0.3) is 22.5 Å². The molecule has 1 heterocycles. The summed E-state index contributed by atoms with van der Waals surface area (Å²) in [7, 11) is 3.09. The van der Waals surface area contributed by atoms with Crippen LogP contribution in [0.3, 0.4) is 0 Å². The van der Waals surface area contributed by atoms with Gasteiger partial charge >= 0.3 is 6.18 Å². The molecule has 4 nitrogen and oxygen atoms in total. The van der Waals surface area contributed by atoms with Crippen molar-refractivity contribution in [3.63, 3.8) is 0 Å². The van der Waals surface area contributed by atoms with E-state index in [4.69, 9.17) is 0 Å². The van der Waals surface area contributed by atoms with Crippen LogP contribution in [0.5, 0.6) is 0 Å². The summed E-state index contributed by atoms with van der Waals surface area (Å²) in [6.45, 7) is 1.79. The number of aromatic nitrogens is 2. The second-order valence-corrected chi connectivity index (χ2v) is 7.21. The number of hydrogen-bond donors (Lipinski definition) is 1. The summed E-state index contributed by atoms with van der Waals surface area (Å²) in [6, 6.07) is 10.6. The van der Waals surface area contributed by atoms with Crippen molar-refractivity contribution in [3.05, 3.63) is 63.6 Å². The number of benzene rings is 2. The Balaban J connectivity index is 2.25. The Kier molecular flexibility index (Phi) is 5.34. The molecule has 1 aromatic heterocycles. The quantitative estimate of drug-likeness (QED) is 0.594. The molecule has 0 aliphatic rings. The molecule has 1 N–H and O–H groups in total. The zero-order valence-electron chi connectivity index (χ0n) is 15.4. The number of halogens is 4. The van der Waals surface area contributed by atoms with Gasteiger partial charge in [-0.2, -0.15) is 18.3 Å². The molecule has 0 atom stereocenters. The highest BCUT2D eigenvalue weighted by atomic mass is 79.9. The van der Waals surface area contributed by atoms with Crippen molar-refractivity contribution in [1.82, 2.24) is 15.1 Å². The molecule has 2 aromatic carbocycles. The van der Waals surface area contributed by atoms with E-state index in [1.54, 1.807) is 14.0 Å². The van der Waals surface area contributed by atoms with Gasteiger partial charge in [0, 0.05) is 40.8 Å². The first-order valence-electron chi connectivity index (χ1n) is 8.36. The molecule has 3 rings (SSSR count). The van der Waals surface area contributed by atoms with Gasteiger partial charge in [-0.1, -0.05) is 28.1 Å². The zero-order chi connectivity index (χ0) is 20.6. The molecule has 0 fully saturated rings. The van der Waals surface area contributed by atoms with E-state index in [0.717, 1.165) is 22.2 Å². The molecule has 146 valence electrons. The summed E-state index contributed by atoms with van der Waals surface area (Å²) in [5.41, 5.74) is 2.15. The van der Waals surface area contributed by atoms with E-state index in [9.17, 15) is 18.0 Å². The minimum Gasteiger partial charge on any atom is -0.355 e. The molecule has 8 heteroatoms. The third-order valence-corrected chi connectivity index (χ3v) is 5.00. The molecule has 0 radical (unpaired) electrons. The highest BCUT2D eigenvalue weighted by Crippen LogP contribution is 2.37. The first-order chi connectivity index (χ1) is 13.1. The number of hydrogen-bond acceptors (Lipinski definition) is 2. The minimum atomic E-state index is -4.52. The van der Waals surface area contributed by atoms with Gasteiger partial charge in [0.2, 0.25) is 0 Å². The van der Waals surface area contributed by atoms with E-state index in [2.05, 4.69) is 26.3 Å². The molecule has 0 aliphatic carbocycles. The average molecular weight is 452 g/mol. The van der Waals surface area contributed by atoms with Crippen molar-refractivity contribution in [2.75, 3.05) is 7.05 Å². The standard InChI is InChI=1S/C20H17BrF3N3O/c1-11-17(12-4-7-14(21)8-5-12)26-27(3)18(11)16-10-13(20(22,23)24)6-9-15(16)19(28)25-2/h4-10H,1-3H3,(H,25,28). The number of alkyl halides is 3. The van der Waals surface area contributed by atoms with Gasteiger partial charge in [0.15, 0.2) is 0 Å². The van der Waals surface area contributed by atoms with Gasteiger partial charge < -0.3 is 5.32 Å². The molecule has 0 unspecified atom stereocenters. The van der Waals surface area contributed by atoms with Gasteiger partial charge in [0.25, 0.3) is 5.91 Å². The molecule has 28 heavy (non-hydrogen) atoms. The first-order valence-corrected chi connectivity index (χ1v) is 9.16. The lowest BCUT2D eigenvalue weighted by Crippen LogP contribution is -2.20. The lowest BCUT2D eigenvalue weighted by Gasteiger charge is -2.14. The van der Waals surface area contributed by atoms with E-state index in [1.807, 2.05) is 24.3 Å². The van der Waals surface area contributed by atoms with Gasteiger partial charge in [0.05, 0.1) is 17.0 Å². The van der Waals surface area contributed by atoms with Crippen LogP contribution in [-0.4, -0.2) is 22.7 Å². The largest absolute Gasteiger partial charge is 0.416 e. The van der Waals surface area contributed by atoms with Crippen molar-refractivity contribution in [2.45, 2.75) is 13.1 Å². The van der Waals surface area contributed by atoms with Crippen LogP contribution in [0.4, 0.5) is 13.2 Å². The van der Waals surface area contributed by atoms with E-state index in [1.165, 1.54) is 17.8 Å². The van der Waals surface area contributed by atoms with Gasteiger partial charge in [-0.25, -0.2) is 0 Å². The Morgan fingerprint density at radius 2 is 1.79 bits per heavy atom. The fraction of sp³-hybridized carbons (Fsp3) is 0.200. The van der Waals surface area contributed by atoms with Crippen LogP contribution < -0.4 is 5.32 Å². The Labute approximate surface area is 168 Å². The van der Waals surface area contributed by atoms with E-state index in [-0.39, 0.29) is 11.1 Å². The van der Waals surface area contributed by atoms with Crippen LogP contribution in [-0.2, 0) is 13.2 Å². The number of rotatable bonds is 3. The number of amides is 1. The van der Waals surface area contributed by atoms with Crippen molar-refractivity contribution in [2.24, 2.45) is 7.05 Å². The summed E-state index contributed by atoms with van der Waals surface area (Å²) in [5, 5.41) is 6.97. The van der Waals surface area contributed by atoms with Gasteiger partial charge in [0.1, 0.15) is 0 Å². The van der Waals surface area contributed by atoms with Gasteiger partial charge in [-0.05, 0) is 37.3 Å². The fourth-order valence-electron chi connectivity index (χ4n) is 3.14. The summed E-state index contributed by atoms with van der Waals surface area (Å²) >= 11 is 3.38. The summed E-state index contributed by atoms with van der Waals surface area (Å²) in [5.74, 6) is -0.463. The topological polar surface area (TPSA) is 46.9 Å². The van der Waals surface area contributed by atoms with Crippen LogP contribution in [0.15, 0.2) is 46.9 Å². The highest BCUT2D eigenvalue weighted by Gasteiger charge is 2.32. The number of aryl methyl sites for hydroxylation is 1. The maximum Gasteiger partial charge on any atom is 0.416 e. The van der Waals surface area contributed by atoms with Crippen molar-refractivity contribution in [3.8, 4) is 22.5 Å². The van der Waals surface area contributed by atoms with Crippen LogP contribution in [0.1, 0.15) is 21.5 Å². The Hall–Kier alpha value is -2.61. The summed E-state index contributed by atoms with van der Waals surface area (Å²) < 4.78 is 42.3. The lowest BCUT2D eigenvalue weighted by atomic mass is 9.96. The molecule has 0 spiro atoms. The van der Waals surface area contributed by atoms with Crippen LogP contribution >= 0.6 is 15.9 Å².